The van der Waals surface area contributed by atoms with Gasteiger partial charge in [-0.3, -0.25) is 19.7 Å². The Bertz CT molecular complexity index is 611. The summed E-state index contributed by atoms with van der Waals surface area (Å²) in [6.07, 6.45) is 4.16. The molecule has 0 fully saturated rings. The molecule has 0 atom stereocenters. The number of hydrogen-bond donors (Lipinski definition) is 0. The minimum absolute atomic E-state index is 0.168. The molecule has 0 unspecified atom stereocenters. The van der Waals surface area contributed by atoms with E-state index in [0.717, 1.165) is 38.2 Å². The smallest absolute Gasteiger partial charge is 0.269 e. The van der Waals surface area contributed by atoms with Crippen molar-refractivity contribution >= 4 is 5.69 Å². The average Bonchev–Trinajstić information content (AvgIpc) is 2.97. The number of rotatable bonds is 4. The normalized spacial score (nSPS) is 15.0. The molecule has 3 rings (SSSR count). The highest BCUT2D eigenvalue weighted by Gasteiger charge is 2.18. The van der Waals surface area contributed by atoms with Gasteiger partial charge in [-0.05, 0) is 17.5 Å². The molecule has 0 aliphatic carbocycles. The molecule has 104 valence electrons. The third-order valence-electron chi connectivity index (χ3n) is 3.60. The first kappa shape index (κ1) is 12.7. The van der Waals surface area contributed by atoms with Crippen molar-refractivity contribution in [3.05, 3.63) is 52.1 Å². The van der Waals surface area contributed by atoms with Crippen molar-refractivity contribution < 1.29 is 4.92 Å². The summed E-state index contributed by atoms with van der Waals surface area (Å²) in [5, 5.41) is 14.9. The van der Waals surface area contributed by atoms with Crippen LogP contribution < -0.4 is 0 Å². The Labute approximate surface area is 116 Å². The number of nitrogens with zero attached hydrogens (tertiary/aromatic N) is 5. The maximum absolute atomic E-state index is 10.8. The van der Waals surface area contributed by atoms with E-state index >= 15 is 0 Å². The Morgan fingerprint density at radius 1 is 1.30 bits per heavy atom. The predicted molar refractivity (Wildman–Crippen MR) is 72.1 cm³/mol. The SMILES string of the molecule is O=[N+]([O-])c1ccc2c(c1)CN(CCn1cncn1)CC2. The van der Waals surface area contributed by atoms with Crippen LogP contribution in [-0.4, -0.2) is 37.7 Å². The maximum atomic E-state index is 10.8. The minimum Gasteiger partial charge on any atom is -0.297 e. The van der Waals surface area contributed by atoms with Crippen molar-refractivity contribution in [1.29, 1.82) is 0 Å². The number of benzene rings is 1. The molecule has 0 saturated carbocycles. The van der Waals surface area contributed by atoms with Gasteiger partial charge in [0.05, 0.1) is 11.5 Å². The first-order chi connectivity index (χ1) is 9.72. The van der Waals surface area contributed by atoms with E-state index in [4.69, 9.17) is 0 Å². The summed E-state index contributed by atoms with van der Waals surface area (Å²) in [6.45, 7) is 3.38. The highest BCUT2D eigenvalue weighted by atomic mass is 16.6. The highest BCUT2D eigenvalue weighted by molar-refractivity contribution is 5.41. The lowest BCUT2D eigenvalue weighted by molar-refractivity contribution is -0.385. The molecule has 0 saturated heterocycles. The van der Waals surface area contributed by atoms with Gasteiger partial charge in [-0.15, -0.1) is 0 Å². The van der Waals surface area contributed by atoms with Crippen molar-refractivity contribution in [3.63, 3.8) is 0 Å². The second-order valence-corrected chi connectivity index (χ2v) is 4.89. The minimum atomic E-state index is -0.339. The van der Waals surface area contributed by atoms with Crippen LogP contribution in [0.25, 0.3) is 0 Å². The molecule has 0 N–H and O–H groups in total. The number of nitro groups is 1. The topological polar surface area (TPSA) is 77.1 Å². The van der Waals surface area contributed by atoms with Crippen LogP contribution in [0.15, 0.2) is 30.9 Å². The molecule has 1 aliphatic rings. The van der Waals surface area contributed by atoms with E-state index in [1.165, 1.54) is 11.9 Å². The zero-order valence-corrected chi connectivity index (χ0v) is 11.0. The predicted octanol–water partition coefficient (Wildman–Crippen LogP) is 1.24. The molecule has 7 nitrogen and oxygen atoms in total. The molecule has 0 bridgehead atoms. The summed E-state index contributed by atoms with van der Waals surface area (Å²) in [7, 11) is 0. The first-order valence-electron chi connectivity index (χ1n) is 6.53. The second kappa shape index (κ2) is 5.38. The fraction of sp³-hybridized carbons (Fsp3) is 0.385. The third-order valence-corrected chi connectivity index (χ3v) is 3.60. The van der Waals surface area contributed by atoms with Crippen LogP contribution >= 0.6 is 0 Å². The lowest BCUT2D eigenvalue weighted by atomic mass is 9.99. The molecule has 2 aromatic rings. The standard InChI is InChI=1S/C13H15N5O2/c19-18(20)13-2-1-11-3-4-16(8-12(11)7-13)5-6-17-10-14-9-15-17/h1-2,7,9-10H,3-6,8H2. The summed E-state index contributed by atoms with van der Waals surface area (Å²) in [5.41, 5.74) is 2.44. The highest BCUT2D eigenvalue weighted by Crippen LogP contribution is 2.23. The molecule has 2 heterocycles. The summed E-state index contributed by atoms with van der Waals surface area (Å²) in [5.74, 6) is 0. The van der Waals surface area contributed by atoms with Crippen molar-refractivity contribution in [2.24, 2.45) is 0 Å². The molecular weight excluding hydrogens is 258 g/mol. The largest absolute Gasteiger partial charge is 0.297 e. The number of aromatic nitrogens is 3. The molecule has 0 amide bonds. The van der Waals surface area contributed by atoms with Gasteiger partial charge in [0.15, 0.2) is 0 Å². The first-order valence-corrected chi connectivity index (χ1v) is 6.53. The number of nitro benzene ring substituents is 1. The maximum Gasteiger partial charge on any atom is 0.269 e. The van der Waals surface area contributed by atoms with Crippen LogP contribution in [0.5, 0.6) is 0 Å². The van der Waals surface area contributed by atoms with Crippen molar-refractivity contribution in [2.75, 3.05) is 13.1 Å². The van der Waals surface area contributed by atoms with Gasteiger partial charge in [-0.2, -0.15) is 5.10 Å². The van der Waals surface area contributed by atoms with Gasteiger partial charge in [0.25, 0.3) is 5.69 Å². The quantitative estimate of drug-likeness (QED) is 0.619. The number of non-ortho nitro benzene ring substituents is 1. The zero-order chi connectivity index (χ0) is 13.9. The van der Waals surface area contributed by atoms with Gasteiger partial charge in [0.1, 0.15) is 12.7 Å². The lowest BCUT2D eigenvalue weighted by Crippen LogP contribution is -2.33. The van der Waals surface area contributed by atoms with E-state index < -0.39 is 0 Å². The molecule has 1 aromatic heterocycles. The fourth-order valence-electron chi connectivity index (χ4n) is 2.50. The van der Waals surface area contributed by atoms with E-state index in [1.54, 1.807) is 23.1 Å². The van der Waals surface area contributed by atoms with Gasteiger partial charge >= 0.3 is 0 Å². The Balaban J connectivity index is 1.67. The Morgan fingerprint density at radius 2 is 2.20 bits per heavy atom. The van der Waals surface area contributed by atoms with Crippen LogP contribution in [0.2, 0.25) is 0 Å². The third kappa shape index (κ3) is 2.67. The van der Waals surface area contributed by atoms with Crippen LogP contribution in [-0.2, 0) is 19.5 Å². The van der Waals surface area contributed by atoms with Gasteiger partial charge in [0.2, 0.25) is 0 Å². The summed E-state index contributed by atoms with van der Waals surface area (Å²) < 4.78 is 1.79. The van der Waals surface area contributed by atoms with Crippen molar-refractivity contribution in [2.45, 2.75) is 19.5 Å². The summed E-state index contributed by atoms with van der Waals surface area (Å²) in [6, 6.07) is 5.16. The monoisotopic (exact) mass is 273 g/mol. The van der Waals surface area contributed by atoms with Gasteiger partial charge in [-0.25, -0.2) is 4.98 Å². The zero-order valence-electron chi connectivity index (χ0n) is 11.0. The molecule has 0 spiro atoms. The lowest BCUT2D eigenvalue weighted by Gasteiger charge is -2.28. The van der Waals surface area contributed by atoms with E-state index in [2.05, 4.69) is 15.0 Å². The molecular formula is C13H15N5O2. The Hall–Kier alpha value is -2.28. The van der Waals surface area contributed by atoms with Crippen LogP contribution in [0.3, 0.4) is 0 Å². The van der Waals surface area contributed by atoms with Crippen LogP contribution in [0, 0.1) is 10.1 Å². The molecule has 1 aliphatic heterocycles. The average molecular weight is 273 g/mol. The van der Waals surface area contributed by atoms with Gasteiger partial charge < -0.3 is 0 Å². The van der Waals surface area contributed by atoms with Gasteiger partial charge in [0, 0.05) is 31.8 Å². The van der Waals surface area contributed by atoms with Crippen LogP contribution in [0.4, 0.5) is 5.69 Å². The number of hydrogen-bond acceptors (Lipinski definition) is 5. The Kier molecular flexibility index (Phi) is 3.42. The summed E-state index contributed by atoms with van der Waals surface area (Å²) in [4.78, 5) is 16.7. The number of fused-ring (bicyclic) bond motifs is 1. The van der Waals surface area contributed by atoms with E-state index in [1.807, 2.05) is 6.07 Å². The van der Waals surface area contributed by atoms with E-state index in [9.17, 15) is 10.1 Å². The fourth-order valence-corrected chi connectivity index (χ4v) is 2.50. The van der Waals surface area contributed by atoms with Crippen molar-refractivity contribution in [3.8, 4) is 0 Å². The van der Waals surface area contributed by atoms with Crippen molar-refractivity contribution in [1.82, 2.24) is 19.7 Å². The molecule has 0 radical (unpaired) electrons. The summed E-state index contributed by atoms with van der Waals surface area (Å²) >= 11 is 0. The van der Waals surface area contributed by atoms with E-state index in [0.29, 0.717) is 0 Å². The molecule has 1 aromatic carbocycles. The van der Waals surface area contributed by atoms with Gasteiger partial charge in [-0.1, -0.05) is 6.07 Å². The van der Waals surface area contributed by atoms with Crippen LogP contribution in [0.1, 0.15) is 11.1 Å². The second-order valence-electron chi connectivity index (χ2n) is 4.89. The Morgan fingerprint density at radius 3 is 2.95 bits per heavy atom. The molecule has 7 heteroatoms. The molecule has 20 heavy (non-hydrogen) atoms. The van der Waals surface area contributed by atoms with E-state index in [-0.39, 0.29) is 10.6 Å².